The van der Waals surface area contributed by atoms with Crippen LogP contribution in [-0.2, 0) is 24.9 Å². The Morgan fingerprint density at radius 2 is 1.78 bits per heavy atom. The molecule has 3 aromatic rings. The van der Waals surface area contributed by atoms with Gasteiger partial charge in [-0.05, 0) is 55.0 Å². The SMILES string of the molecule is COc1cccc(CN2C(=O)N(CCC(C)C)C3(CCN(Cc4nc5ccccc5n4C)CC3)C2=O)c1. The zero-order valence-electron chi connectivity index (χ0n) is 22.3. The van der Waals surface area contributed by atoms with Crippen molar-refractivity contribution in [2.24, 2.45) is 13.0 Å². The molecule has 2 fully saturated rings. The number of imidazole rings is 1. The van der Waals surface area contributed by atoms with Crippen molar-refractivity contribution in [1.82, 2.24) is 24.3 Å². The molecular formula is C29H37N5O3. The van der Waals surface area contributed by atoms with Gasteiger partial charge in [0, 0.05) is 26.7 Å². The maximum atomic E-state index is 13.9. The predicted octanol–water partition coefficient (Wildman–Crippen LogP) is 4.43. The second-order valence-corrected chi connectivity index (χ2v) is 10.7. The number of imide groups is 1. The van der Waals surface area contributed by atoms with E-state index in [1.54, 1.807) is 7.11 Å². The van der Waals surface area contributed by atoms with Gasteiger partial charge in [-0.3, -0.25) is 14.6 Å². The lowest BCUT2D eigenvalue weighted by Crippen LogP contribution is -2.56. The zero-order chi connectivity index (χ0) is 26.2. The summed E-state index contributed by atoms with van der Waals surface area (Å²) in [5.41, 5.74) is 2.24. The first-order valence-electron chi connectivity index (χ1n) is 13.2. The Morgan fingerprint density at radius 3 is 2.49 bits per heavy atom. The summed E-state index contributed by atoms with van der Waals surface area (Å²) in [5, 5.41) is 0. The van der Waals surface area contributed by atoms with E-state index >= 15 is 0 Å². The number of piperidine rings is 1. The number of fused-ring (bicyclic) bond motifs is 1. The summed E-state index contributed by atoms with van der Waals surface area (Å²) < 4.78 is 7.49. The van der Waals surface area contributed by atoms with Crippen LogP contribution in [0.1, 0.15) is 44.5 Å². The molecule has 1 aromatic heterocycles. The number of benzene rings is 2. The van der Waals surface area contributed by atoms with E-state index in [2.05, 4.69) is 36.4 Å². The van der Waals surface area contributed by atoms with Crippen LogP contribution in [0.4, 0.5) is 4.79 Å². The fourth-order valence-electron chi connectivity index (χ4n) is 5.67. The third kappa shape index (κ3) is 4.70. The number of aromatic nitrogens is 2. The number of rotatable bonds is 8. The first-order valence-corrected chi connectivity index (χ1v) is 13.2. The van der Waals surface area contributed by atoms with Crippen molar-refractivity contribution in [2.75, 3.05) is 26.7 Å². The second kappa shape index (κ2) is 10.2. The van der Waals surface area contributed by atoms with Crippen molar-refractivity contribution in [2.45, 2.75) is 51.7 Å². The first kappa shape index (κ1) is 25.3. The molecule has 0 N–H and O–H groups in total. The molecule has 37 heavy (non-hydrogen) atoms. The molecule has 196 valence electrons. The molecule has 8 heteroatoms. The van der Waals surface area contributed by atoms with Gasteiger partial charge < -0.3 is 14.2 Å². The maximum Gasteiger partial charge on any atom is 0.327 e. The van der Waals surface area contributed by atoms with Crippen LogP contribution in [0.2, 0.25) is 0 Å². The molecule has 0 unspecified atom stereocenters. The monoisotopic (exact) mass is 503 g/mol. The van der Waals surface area contributed by atoms with Crippen LogP contribution < -0.4 is 4.74 Å². The van der Waals surface area contributed by atoms with Crippen LogP contribution in [0, 0.1) is 5.92 Å². The number of nitrogens with zero attached hydrogens (tertiary/aromatic N) is 5. The highest BCUT2D eigenvalue weighted by Crippen LogP contribution is 2.39. The van der Waals surface area contributed by atoms with E-state index in [-0.39, 0.29) is 18.5 Å². The van der Waals surface area contributed by atoms with E-state index in [0.717, 1.165) is 54.2 Å². The molecule has 3 heterocycles. The van der Waals surface area contributed by atoms with Crippen LogP contribution in [0.25, 0.3) is 11.0 Å². The number of ether oxygens (including phenoxy) is 1. The van der Waals surface area contributed by atoms with Crippen molar-refractivity contribution < 1.29 is 14.3 Å². The van der Waals surface area contributed by atoms with Crippen LogP contribution in [0.5, 0.6) is 5.75 Å². The van der Waals surface area contributed by atoms with Gasteiger partial charge in [-0.1, -0.05) is 38.1 Å². The molecule has 0 saturated carbocycles. The summed E-state index contributed by atoms with van der Waals surface area (Å²) >= 11 is 0. The van der Waals surface area contributed by atoms with Gasteiger partial charge in [-0.2, -0.15) is 0 Å². The molecule has 5 rings (SSSR count). The van der Waals surface area contributed by atoms with E-state index < -0.39 is 5.54 Å². The van der Waals surface area contributed by atoms with E-state index in [9.17, 15) is 9.59 Å². The molecule has 3 amide bonds. The quantitative estimate of drug-likeness (QED) is 0.426. The summed E-state index contributed by atoms with van der Waals surface area (Å²) in [5.74, 6) is 2.12. The molecule has 0 radical (unpaired) electrons. The molecule has 0 bridgehead atoms. The number of likely N-dealkylation sites (tertiary alicyclic amines) is 1. The molecule has 0 atom stereocenters. The zero-order valence-corrected chi connectivity index (χ0v) is 22.3. The number of aryl methyl sites for hydroxylation is 1. The Morgan fingerprint density at radius 1 is 1.03 bits per heavy atom. The topological polar surface area (TPSA) is 70.9 Å². The minimum absolute atomic E-state index is 0.0635. The van der Waals surface area contributed by atoms with Gasteiger partial charge in [0.05, 0.1) is 31.2 Å². The average molecular weight is 504 g/mol. The number of carbonyl (C=O) groups excluding carboxylic acids is 2. The van der Waals surface area contributed by atoms with Gasteiger partial charge in [0.25, 0.3) is 5.91 Å². The van der Waals surface area contributed by atoms with E-state index in [4.69, 9.17) is 9.72 Å². The normalized spacial score (nSPS) is 18.1. The summed E-state index contributed by atoms with van der Waals surface area (Å²) in [4.78, 5) is 38.1. The highest BCUT2D eigenvalue weighted by Gasteiger charge is 2.57. The Hall–Kier alpha value is -3.39. The molecule has 2 aliphatic heterocycles. The smallest absolute Gasteiger partial charge is 0.327 e. The summed E-state index contributed by atoms with van der Waals surface area (Å²) in [7, 11) is 3.68. The Kier molecular flexibility index (Phi) is 6.94. The minimum Gasteiger partial charge on any atom is -0.497 e. The van der Waals surface area contributed by atoms with Crippen LogP contribution in [0.3, 0.4) is 0 Å². The van der Waals surface area contributed by atoms with Crippen molar-refractivity contribution >= 4 is 23.0 Å². The molecule has 8 nitrogen and oxygen atoms in total. The van der Waals surface area contributed by atoms with Gasteiger partial charge in [0.2, 0.25) is 0 Å². The molecule has 0 aliphatic carbocycles. The van der Waals surface area contributed by atoms with Gasteiger partial charge in [0.15, 0.2) is 0 Å². The van der Waals surface area contributed by atoms with Crippen molar-refractivity contribution in [1.29, 1.82) is 0 Å². The van der Waals surface area contributed by atoms with Gasteiger partial charge in [-0.25, -0.2) is 9.78 Å². The van der Waals surface area contributed by atoms with Crippen LogP contribution in [-0.4, -0.2) is 68.5 Å². The highest BCUT2D eigenvalue weighted by atomic mass is 16.5. The Balaban J connectivity index is 1.34. The molecule has 1 spiro atoms. The maximum absolute atomic E-state index is 13.9. The number of methoxy groups -OCH3 is 1. The largest absolute Gasteiger partial charge is 0.497 e. The molecule has 2 aliphatic rings. The number of para-hydroxylation sites is 2. The Labute approximate surface area is 218 Å². The lowest BCUT2D eigenvalue weighted by Gasteiger charge is -2.42. The summed E-state index contributed by atoms with van der Waals surface area (Å²) in [6, 6.07) is 15.6. The number of amides is 3. The standard InChI is InChI=1S/C29H37N5O3/c1-21(2)12-15-34-28(36)33(19-22-8-7-9-23(18-22)37-4)27(35)29(34)13-16-32(17-14-29)20-26-30-24-10-5-6-11-25(24)31(26)3/h5-11,18,21H,12-17,19-20H2,1-4H3. The Bertz CT molecular complexity index is 1290. The van der Waals surface area contributed by atoms with E-state index in [0.29, 0.717) is 25.3 Å². The van der Waals surface area contributed by atoms with E-state index in [1.807, 2.05) is 47.4 Å². The molecule has 2 aromatic carbocycles. The molecular weight excluding hydrogens is 466 g/mol. The van der Waals surface area contributed by atoms with Gasteiger partial charge in [0.1, 0.15) is 17.1 Å². The predicted molar refractivity (Wildman–Crippen MR) is 143 cm³/mol. The second-order valence-electron chi connectivity index (χ2n) is 10.7. The van der Waals surface area contributed by atoms with Crippen LogP contribution in [0.15, 0.2) is 48.5 Å². The lowest BCUT2D eigenvalue weighted by molar-refractivity contribution is -0.136. The highest BCUT2D eigenvalue weighted by molar-refractivity contribution is 6.07. The fraction of sp³-hybridized carbons (Fsp3) is 0.483. The van der Waals surface area contributed by atoms with Crippen molar-refractivity contribution in [3.05, 3.63) is 59.9 Å². The molecule has 2 saturated heterocycles. The number of hydrogen-bond donors (Lipinski definition) is 0. The van der Waals surface area contributed by atoms with Crippen molar-refractivity contribution in [3.63, 3.8) is 0 Å². The van der Waals surface area contributed by atoms with Crippen LogP contribution >= 0.6 is 0 Å². The first-order chi connectivity index (χ1) is 17.8. The third-order valence-corrected chi connectivity index (χ3v) is 7.95. The van der Waals surface area contributed by atoms with E-state index in [1.165, 1.54) is 4.90 Å². The third-order valence-electron chi connectivity index (χ3n) is 7.95. The van der Waals surface area contributed by atoms with Gasteiger partial charge >= 0.3 is 6.03 Å². The van der Waals surface area contributed by atoms with Gasteiger partial charge in [-0.15, -0.1) is 0 Å². The fourth-order valence-corrected chi connectivity index (χ4v) is 5.67. The number of hydrogen-bond acceptors (Lipinski definition) is 5. The average Bonchev–Trinajstić information content (AvgIpc) is 3.31. The minimum atomic E-state index is -0.770. The number of urea groups is 1. The van der Waals surface area contributed by atoms with Crippen molar-refractivity contribution in [3.8, 4) is 5.75 Å². The summed E-state index contributed by atoms with van der Waals surface area (Å²) in [6.07, 6.45) is 2.14. The summed E-state index contributed by atoms with van der Waals surface area (Å²) in [6.45, 7) is 7.38. The number of carbonyl (C=O) groups is 2. The lowest BCUT2D eigenvalue weighted by atomic mass is 9.85.